The van der Waals surface area contributed by atoms with E-state index >= 15 is 0 Å². The van der Waals surface area contributed by atoms with Crippen LogP contribution in [0, 0.1) is 5.82 Å². The van der Waals surface area contributed by atoms with Gasteiger partial charge in [0.05, 0.1) is 16.4 Å². The van der Waals surface area contributed by atoms with Gasteiger partial charge in [-0.3, -0.25) is 4.79 Å². The summed E-state index contributed by atoms with van der Waals surface area (Å²) in [6.07, 6.45) is 0. The molecule has 1 heterocycles. The lowest BCUT2D eigenvalue weighted by molar-refractivity contribution is 0.0943. The molecule has 0 atom stereocenters. The summed E-state index contributed by atoms with van der Waals surface area (Å²) in [5.41, 5.74) is 3.03. The normalized spacial score (nSPS) is 10.8. The molecule has 4 aromatic rings. The van der Waals surface area contributed by atoms with Crippen molar-refractivity contribution >= 4 is 29.1 Å². The van der Waals surface area contributed by atoms with E-state index in [1.807, 2.05) is 24.3 Å². The van der Waals surface area contributed by atoms with E-state index < -0.39 is 0 Å². The molecular formula is C23H16Cl2FN3O. The van der Waals surface area contributed by atoms with Crippen molar-refractivity contribution in [3.8, 4) is 16.9 Å². The van der Waals surface area contributed by atoms with Gasteiger partial charge in [-0.15, -0.1) is 0 Å². The zero-order chi connectivity index (χ0) is 21.1. The monoisotopic (exact) mass is 439 g/mol. The fourth-order valence-corrected chi connectivity index (χ4v) is 3.44. The SMILES string of the molecule is O=C(NCc1ccc(F)cc1)c1cc(-c2ccccc2Cl)nn1-c1cccc(Cl)c1. The number of hydrogen-bond acceptors (Lipinski definition) is 2. The molecule has 7 heteroatoms. The Hall–Kier alpha value is -3.15. The molecule has 0 spiro atoms. The third-order valence-electron chi connectivity index (χ3n) is 4.51. The Kier molecular flexibility index (Phi) is 5.84. The molecule has 0 saturated carbocycles. The first kappa shape index (κ1) is 20.1. The summed E-state index contributed by atoms with van der Waals surface area (Å²) in [6, 6.07) is 22.0. The van der Waals surface area contributed by atoms with Crippen molar-refractivity contribution in [1.29, 1.82) is 0 Å². The highest BCUT2D eigenvalue weighted by molar-refractivity contribution is 6.33. The van der Waals surface area contributed by atoms with Gasteiger partial charge in [0.1, 0.15) is 11.5 Å². The molecule has 0 fully saturated rings. The maximum Gasteiger partial charge on any atom is 0.270 e. The van der Waals surface area contributed by atoms with E-state index in [1.165, 1.54) is 16.8 Å². The zero-order valence-corrected chi connectivity index (χ0v) is 17.2. The minimum absolute atomic E-state index is 0.251. The molecule has 1 aromatic heterocycles. The number of halogens is 3. The van der Waals surface area contributed by atoms with Crippen LogP contribution in [0.4, 0.5) is 4.39 Å². The molecule has 0 aliphatic carbocycles. The Morgan fingerprint density at radius 3 is 2.47 bits per heavy atom. The van der Waals surface area contributed by atoms with Crippen LogP contribution in [0.25, 0.3) is 16.9 Å². The van der Waals surface area contributed by atoms with E-state index in [2.05, 4.69) is 10.4 Å². The van der Waals surface area contributed by atoms with Crippen LogP contribution in [0.2, 0.25) is 10.0 Å². The van der Waals surface area contributed by atoms with Gasteiger partial charge in [-0.2, -0.15) is 5.10 Å². The Morgan fingerprint density at radius 2 is 1.73 bits per heavy atom. The smallest absolute Gasteiger partial charge is 0.270 e. The molecule has 0 saturated heterocycles. The summed E-state index contributed by atoms with van der Waals surface area (Å²) in [6.45, 7) is 0.251. The van der Waals surface area contributed by atoms with Crippen LogP contribution in [-0.2, 0) is 6.54 Å². The van der Waals surface area contributed by atoms with Crippen molar-refractivity contribution in [3.63, 3.8) is 0 Å². The predicted octanol–water partition coefficient (Wildman–Crippen LogP) is 5.92. The summed E-state index contributed by atoms with van der Waals surface area (Å²) in [7, 11) is 0. The number of carbonyl (C=O) groups is 1. The van der Waals surface area contributed by atoms with Gasteiger partial charge in [0, 0.05) is 17.1 Å². The largest absolute Gasteiger partial charge is 0.347 e. The third kappa shape index (κ3) is 4.37. The molecule has 0 aliphatic rings. The lowest BCUT2D eigenvalue weighted by Crippen LogP contribution is -2.25. The van der Waals surface area contributed by atoms with E-state index in [0.717, 1.165) is 5.56 Å². The van der Waals surface area contributed by atoms with Crippen molar-refractivity contribution in [1.82, 2.24) is 15.1 Å². The first-order valence-electron chi connectivity index (χ1n) is 9.15. The molecule has 0 radical (unpaired) electrons. The molecule has 1 N–H and O–H groups in total. The molecule has 30 heavy (non-hydrogen) atoms. The quantitative estimate of drug-likeness (QED) is 0.419. The first-order chi connectivity index (χ1) is 14.5. The molecular weight excluding hydrogens is 424 g/mol. The van der Waals surface area contributed by atoms with Gasteiger partial charge in [0.2, 0.25) is 0 Å². The predicted molar refractivity (Wildman–Crippen MR) is 117 cm³/mol. The maximum atomic E-state index is 13.1. The number of amides is 1. The minimum atomic E-state index is -0.329. The van der Waals surface area contributed by atoms with Crippen LogP contribution in [0.5, 0.6) is 0 Å². The van der Waals surface area contributed by atoms with Gasteiger partial charge in [-0.25, -0.2) is 9.07 Å². The summed E-state index contributed by atoms with van der Waals surface area (Å²) in [4.78, 5) is 13.0. The molecule has 0 aliphatic heterocycles. The molecule has 4 nitrogen and oxygen atoms in total. The minimum Gasteiger partial charge on any atom is -0.347 e. The molecule has 0 bridgehead atoms. The Labute approximate surface area is 182 Å². The van der Waals surface area contributed by atoms with Gasteiger partial charge < -0.3 is 5.32 Å². The number of carbonyl (C=O) groups excluding carboxylic acids is 1. The van der Waals surface area contributed by atoms with E-state index in [0.29, 0.717) is 32.7 Å². The topological polar surface area (TPSA) is 46.9 Å². The van der Waals surface area contributed by atoms with E-state index in [1.54, 1.807) is 42.5 Å². The first-order valence-corrected chi connectivity index (χ1v) is 9.90. The van der Waals surface area contributed by atoms with Crippen LogP contribution >= 0.6 is 23.2 Å². The van der Waals surface area contributed by atoms with Crippen molar-refractivity contribution in [3.05, 3.63) is 106 Å². The number of hydrogen-bond donors (Lipinski definition) is 1. The van der Waals surface area contributed by atoms with Gasteiger partial charge in [0.25, 0.3) is 5.91 Å². The maximum absolute atomic E-state index is 13.1. The van der Waals surface area contributed by atoms with Crippen LogP contribution < -0.4 is 5.32 Å². The number of nitrogens with one attached hydrogen (secondary N) is 1. The van der Waals surface area contributed by atoms with Crippen molar-refractivity contribution < 1.29 is 9.18 Å². The van der Waals surface area contributed by atoms with Crippen molar-refractivity contribution in [2.45, 2.75) is 6.54 Å². The summed E-state index contributed by atoms with van der Waals surface area (Å²) in [5, 5.41) is 8.52. The Balaban J connectivity index is 1.70. The molecule has 150 valence electrons. The Bertz CT molecular complexity index is 1210. The molecule has 1 amide bonds. The zero-order valence-electron chi connectivity index (χ0n) is 15.6. The summed E-state index contributed by atoms with van der Waals surface area (Å²) < 4.78 is 14.6. The third-order valence-corrected chi connectivity index (χ3v) is 5.08. The lowest BCUT2D eigenvalue weighted by atomic mass is 10.1. The van der Waals surface area contributed by atoms with Crippen LogP contribution in [0.3, 0.4) is 0 Å². The van der Waals surface area contributed by atoms with E-state index in [-0.39, 0.29) is 18.3 Å². The van der Waals surface area contributed by atoms with Crippen LogP contribution in [-0.4, -0.2) is 15.7 Å². The lowest BCUT2D eigenvalue weighted by Gasteiger charge is -2.09. The van der Waals surface area contributed by atoms with Crippen LogP contribution in [0.1, 0.15) is 16.1 Å². The standard InChI is InChI=1S/C23H16Cl2FN3O/c24-16-4-3-5-18(12-16)29-22(13-21(28-29)19-6-1-2-7-20(19)25)23(30)27-14-15-8-10-17(26)11-9-15/h1-13H,14H2,(H,27,30). The van der Waals surface area contributed by atoms with Gasteiger partial charge in [0.15, 0.2) is 0 Å². The highest BCUT2D eigenvalue weighted by Gasteiger charge is 2.19. The van der Waals surface area contributed by atoms with Gasteiger partial charge in [-0.05, 0) is 48.0 Å². The molecule has 0 unspecified atom stereocenters. The number of benzene rings is 3. The van der Waals surface area contributed by atoms with Gasteiger partial charge >= 0.3 is 0 Å². The number of rotatable bonds is 5. The van der Waals surface area contributed by atoms with Crippen LogP contribution in [0.15, 0.2) is 78.9 Å². The number of aromatic nitrogens is 2. The molecule has 4 rings (SSSR count). The number of nitrogens with zero attached hydrogens (tertiary/aromatic N) is 2. The summed E-state index contributed by atoms with van der Waals surface area (Å²) >= 11 is 12.5. The second-order valence-electron chi connectivity index (χ2n) is 6.60. The van der Waals surface area contributed by atoms with Crippen molar-refractivity contribution in [2.75, 3.05) is 0 Å². The van der Waals surface area contributed by atoms with Gasteiger partial charge in [-0.1, -0.05) is 59.6 Å². The highest BCUT2D eigenvalue weighted by atomic mass is 35.5. The second-order valence-corrected chi connectivity index (χ2v) is 7.44. The Morgan fingerprint density at radius 1 is 0.967 bits per heavy atom. The average molecular weight is 440 g/mol. The molecule has 3 aromatic carbocycles. The fraction of sp³-hybridized carbons (Fsp3) is 0.0435. The van der Waals surface area contributed by atoms with Crippen molar-refractivity contribution in [2.24, 2.45) is 0 Å². The van der Waals surface area contributed by atoms with E-state index in [9.17, 15) is 9.18 Å². The fourth-order valence-electron chi connectivity index (χ4n) is 3.02. The second kappa shape index (κ2) is 8.69. The summed E-state index contributed by atoms with van der Waals surface area (Å²) in [5.74, 6) is -0.654. The average Bonchev–Trinajstić information content (AvgIpc) is 3.19. The highest BCUT2D eigenvalue weighted by Crippen LogP contribution is 2.28. The van der Waals surface area contributed by atoms with E-state index in [4.69, 9.17) is 23.2 Å².